The van der Waals surface area contributed by atoms with Crippen molar-refractivity contribution in [3.8, 4) is 5.88 Å². The number of pyridine rings is 1. The highest BCUT2D eigenvalue weighted by Crippen LogP contribution is 2.38. The van der Waals surface area contributed by atoms with Gasteiger partial charge in [-0.05, 0) is 18.6 Å². The predicted octanol–water partition coefficient (Wildman–Crippen LogP) is 1.36. The molecule has 1 unspecified atom stereocenters. The van der Waals surface area contributed by atoms with Crippen LogP contribution in [0.15, 0.2) is 53.8 Å². The van der Waals surface area contributed by atoms with Crippen LogP contribution >= 0.6 is 0 Å². The Morgan fingerprint density at radius 3 is 2.59 bits per heavy atom. The molecule has 12 nitrogen and oxygen atoms in total. The molecule has 192 valence electrons. The molecule has 1 aliphatic heterocycles. The van der Waals surface area contributed by atoms with Crippen LogP contribution in [0.25, 0.3) is 11.2 Å². The lowest BCUT2D eigenvalue weighted by Gasteiger charge is -2.27. The van der Waals surface area contributed by atoms with Crippen molar-refractivity contribution in [3.63, 3.8) is 0 Å². The fourth-order valence-corrected chi connectivity index (χ4v) is 4.46. The van der Waals surface area contributed by atoms with E-state index in [1.54, 1.807) is 30.2 Å². The summed E-state index contributed by atoms with van der Waals surface area (Å²) in [4.78, 5) is 26.8. The number of methoxy groups -OCH3 is 1. The van der Waals surface area contributed by atoms with Crippen LogP contribution in [0.1, 0.15) is 41.2 Å². The first kappa shape index (κ1) is 24.4. The van der Waals surface area contributed by atoms with Gasteiger partial charge in [0.25, 0.3) is 5.91 Å². The second-order valence-electron chi connectivity index (χ2n) is 8.62. The Hall–Kier alpha value is -4.29. The number of ether oxygens (including phenoxy) is 1. The number of hydrogen-bond donors (Lipinski definition) is 3. The van der Waals surface area contributed by atoms with Crippen molar-refractivity contribution in [1.29, 1.82) is 0 Å². The number of nitrogens with one attached hydrogen (secondary N) is 2. The van der Waals surface area contributed by atoms with Crippen molar-refractivity contribution in [3.05, 3.63) is 71.3 Å². The smallest absolute Gasteiger partial charge is 0.263 e. The van der Waals surface area contributed by atoms with Crippen LogP contribution in [0.5, 0.6) is 5.88 Å². The summed E-state index contributed by atoms with van der Waals surface area (Å²) < 4.78 is 8.93. The van der Waals surface area contributed by atoms with Gasteiger partial charge in [-0.2, -0.15) is 15.1 Å². The number of hydrazine groups is 1. The molecule has 0 radical (unpaired) electrons. The number of aryl methyl sites for hydroxylation is 2. The first-order chi connectivity index (χ1) is 17.9. The highest BCUT2D eigenvalue weighted by atomic mass is 16.5. The average molecular weight is 504 g/mol. The van der Waals surface area contributed by atoms with E-state index in [0.29, 0.717) is 47.3 Å². The van der Waals surface area contributed by atoms with E-state index < -0.39 is 11.5 Å². The van der Waals surface area contributed by atoms with Gasteiger partial charge in [0.1, 0.15) is 12.2 Å². The van der Waals surface area contributed by atoms with E-state index in [9.17, 15) is 9.90 Å². The quantitative estimate of drug-likeness (QED) is 0.344. The van der Waals surface area contributed by atoms with Gasteiger partial charge in [-0.15, -0.1) is 0 Å². The van der Waals surface area contributed by atoms with E-state index in [0.717, 1.165) is 6.54 Å². The van der Waals surface area contributed by atoms with Gasteiger partial charge in [-0.1, -0.05) is 37.3 Å². The maximum absolute atomic E-state index is 13.2. The summed E-state index contributed by atoms with van der Waals surface area (Å²) in [7, 11) is 3.24. The molecule has 4 aromatic rings. The van der Waals surface area contributed by atoms with Gasteiger partial charge in [0.05, 0.1) is 18.8 Å². The standard InChI is InChI=1S/C25H29N9O3/c1-5-33-15-26-24(31-33)30-21(35)18-12-19-20(28-22(18)37-4)29-23(34(19)6-2)25(36,16-10-8-7-9-11-16)17-13-27-32(3)14-17/h7-14,36H,5-6,15H2,1-4H3,(H2,26,30,31,35). The first-order valence-electron chi connectivity index (χ1n) is 12.0. The maximum Gasteiger partial charge on any atom is 0.263 e. The lowest BCUT2D eigenvalue weighted by Crippen LogP contribution is -2.44. The molecule has 0 bridgehead atoms. The number of carbonyl (C=O) groups excluding carboxylic acids is 1. The summed E-state index contributed by atoms with van der Waals surface area (Å²) >= 11 is 0. The highest BCUT2D eigenvalue weighted by Gasteiger charge is 2.40. The second kappa shape index (κ2) is 9.64. The van der Waals surface area contributed by atoms with Crippen LogP contribution in [0.2, 0.25) is 0 Å². The first-order valence-corrected chi connectivity index (χ1v) is 12.0. The number of nitrogens with zero attached hydrogens (tertiary/aromatic N) is 7. The van der Waals surface area contributed by atoms with Gasteiger partial charge in [-0.25, -0.2) is 9.98 Å². The molecule has 0 aliphatic carbocycles. The van der Waals surface area contributed by atoms with Crippen LogP contribution < -0.4 is 15.5 Å². The SMILES string of the molecule is CCN1CN=C(NC(=O)c2cc3c(nc2OC)nc(C(O)(c2ccccc2)c2cnn(C)c2)n3CC)N1. The van der Waals surface area contributed by atoms with Crippen molar-refractivity contribution in [2.75, 3.05) is 20.3 Å². The molecular weight excluding hydrogens is 474 g/mol. The van der Waals surface area contributed by atoms with Crippen molar-refractivity contribution in [2.45, 2.75) is 26.0 Å². The third-order valence-electron chi connectivity index (χ3n) is 6.38. The topological polar surface area (TPSA) is 135 Å². The third kappa shape index (κ3) is 4.19. The molecular formula is C25H29N9O3. The number of aliphatic hydroxyl groups is 1. The number of fused-ring (bicyclic) bond motifs is 1. The monoisotopic (exact) mass is 503 g/mol. The van der Waals surface area contributed by atoms with E-state index in [4.69, 9.17) is 9.72 Å². The van der Waals surface area contributed by atoms with Crippen molar-refractivity contribution >= 4 is 23.0 Å². The average Bonchev–Trinajstić information content (AvgIpc) is 3.66. The molecule has 12 heteroatoms. The fourth-order valence-electron chi connectivity index (χ4n) is 4.46. The van der Waals surface area contributed by atoms with Crippen molar-refractivity contribution in [1.82, 2.24) is 40.1 Å². The summed E-state index contributed by atoms with van der Waals surface area (Å²) in [5.41, 5.74) is 3.75. The lowest BCUT2D eigenvalue weighted by molar-refractivity contribution is 0.0971. The van der Waals surface area contributed by atoms with Crippen LogP contribution in [0.3, 0.4) is 0 Å². The molecule has 1 aromatic carbocycles. The van der Waals surface area contributed by atoms with Crippen LogP contribution in [-0.4, -0.2) is 66.6 Å². The predicted molar refractivity (Wildman–Crippen MR) is 137 cm³/mol. The largest absolute Gasteiger partial charge is 0.480 e. The third-order valence-corrected chi connectivity index (χ3v) is 6.38. The summed E-state index contributed by atoms with van der Waals surface area (Å²) in [5.74, 6) is 0.407. The molecule has 3 aromatic heterocycles. The van der Waals surface area contributed by atoms with Crippen molar-refractivity contribution in [2.24, 2.45) is 12.0 Å². The number of guanidine groups is 1. The number of aliphatic imine (C=N–C) groups is 1. The zero-order valence-electron chi connectivity index (χ0n) is 21.1. The molecule has 5 rings (SSSR count). The minimum Gasteiger partial charge on any atom is -0.480 e. The van der Waals surface area contributed by atoms with E-state index in [-0.39, 0.29) is 11.4 Å². The van der Waals surface area contributed by atoms with Crippen LogP contribution in [-0.2, 0) is 19.2 Å². The Labute approximate surface area is 213 Å². The number of rotatable bonds is 7. The molecule has 4 heterocycles. The van der Waals surface area contributed by atoms with Gasteiger partial charge in [0.2, 0.25) is 11.8 Å². The van der Waals surface area contributed by atoms with Crippen molar-refractivity contribution < 1.29 is 14.6 Å². The Bertz CT molecular complexity index is 1480. The summed E-state index contributed by atoms with van der Waals surface area (Å²) in [5, 5.41) is 21.2. The zero-order chi connectivity index (χ0) is 26.2. The Kier molecular flexibility index (Phi) is 6.36. The second-order valence-corrected chi connectivity index (χ2v) is 8.62. The summed E-state index contributed by atoms with van der Waals surface area (Å²) in [6.45, 7) is 5.58. The number of amides is 1. The maximum atomic E-state index is 13.2. The normalized spacial score (nSPS) is 15.3. The minimum absolute atomic E-state index is 0.118. The fraction of sp³-hybridized carbons (Fsp3) is 0.320. The van der Waals surface area contributed by atoms with Gasteiger partial charge >= 0.3 is 0 Å². The van der Waals surface area contributed by atoms with E-state index >= 15 is 0 Å². The number of hydrogen-bond acceptors (Lipinski definition) is 9. The molecule has 0 saturated carbocycles. The number of benzene rings is 1. The summed E-state index contributed by atoms with van der Waals surface area (Å²) in [6, 6.07) is 11.0. The highest BCUT2D eigenvalue weighted by molar-refractivity contribution is 6.08. The van der Waals surface area contributed by atoms with Gasteiger partial charge in [0, 0.05) is 31.9 Å². The molecule has 1 amide bonds. The van der Waals surface area contributed by atoms with Crippen LogP contribution in [0, 0.1) is 0 Å². The van der Waals surface area contributed by atoms with E-state index in [1.165, 1.54) is 7.11 Å². The van der Waals surface area contributed by atoms with E-state index in [2.05, 4.69) is 25.8 Å². The minimum atomic E-state index is -1.62. The van der Waals surface area contributed by atoms with Gasteiger partial charge in [-0.3, -0.25) is 20.2 Å². The Morgan fingerprint density at radius 1 is 1.19 bits per heavy atom. The number of aromatic nitrogens is 5. The lowest BCUT2D eigenvalue weighted by atomic mass is 9.87. The van der Waals surface area contributed by atoms with Gasteiger partial charge in [0.15, 0.2) is 17.1 Å². The Morgan fingerprint density at radius 2 is 1.97 bits per heavy atom. The Balaban J connectivity index is 1.64. The number of imidazole rings is 1. The van der Waals surface area contributed by atoms with Crippen LogP contribution in [0.4, 0.5) is 0 Å². The molecule has 1 aliphatic rings. The number of carbonyl (C=O) groups is 1. The molecule has 0 fully saturated rings. The molecule has 1 atom stereocenters. The molecule has 0 saturated heterocycles. The molecule has 0 spiro atoms. The molecule has 3 N–H and O–H groups in total. The van der Waals surface area contributed by atoms with E-state index in [1.807, 2.05) is 53.8 Å². The molecule has 37 heavy (non-hydrogen) atoms. The zero-order valence-corrected chi connectivity index (χ0v) is 21.1. The summed E-state index contributed by atoms with van der Waals surface area (Å²) in [6.07, 6.45) is 3.38. The van der Waals surface area contributed by atoms with Gasteiger partial charge < -0.3 is 14.4 Å².